The molecule has 2 heterocycles. The molecular weight excluding hydrogens is 284 g/mol. The standard InChI is InChI=1S/C21H22O2/c1-3-9-16(10-4-1)21-17-11-5-6-12-18(17)22-15-20(19(21)23-21)13-7-2-8-14-20/h1,3-6,9-12,19H,2,7-8,13-15H2. The Kier molecular flexibility index (Phi) is 2.87. The van der Waals surface area contributed by atoms with Crippen LogP contribution in [-0.4, -0.2) is 12.7 Å². The lowest BCUT2D eigenvalue weighted by Crippen LogP contribution is -2.37. The van der Waals surface area contributed by atoms with E-state index in [1.54, 1.807) is 0 Å². The summed E-state index contributed by atoms with van der Waals surface area (Å²) in [6, 6.07) is 19.2. The average Bonchev–Trinajstić information content (AvgIpc) is 3.40. The molecule has 2 unspecified atom stereocenters. The molecule has 2 heteroatoms. The van der Waals surface area contributed by atoms with Crippen LogP contribution in [0.1, 0.15) is 43.2 Å². The highest BCUT2D eigenvalue weighted by atomic mass is 16.6. The van der Waals surface area contributed by atoms with E-state index in [4.69, 9.17) is 9.47 Å². The second-order valence-electron chi connectivity index (χ2n) is 7.31. The Bertz CT molecular complexity index is 718. The van der Waals surface area contributed by atoms with Crippen molar-refractivity contribution >= 4 is 0 Å². The molecule has 5 rings (SSSR count). The molecule has 1 aliphatic carbocycles. The van der Waals surface area contributed by atoms with Crippen LogP contribution < -0.4 is 4.74 Å². The molecule has 3 aliphatic rings. The van der Waals surface area contributed by atoms with Crippen LogP contribution in [0.3, 0.4) is 0 Å². The zero-order valence-corrected chi connectivity index (χ0v) is 13.3. The molecule has 2 aliphatic heterocycles. The summed E-state index contributed by atoms with van der Waals surface area (Å²) in [4.78, 5) is 0. The van der Waals surface area contributed by atoms with E-state index in [1.807, 2.05) is 0 Å². The van der Waals surface area contributed by atoms with Crippen molar-refractivity contribution < 1.29 is 9.47 Å². The first-order valence-corrected chi connectivity index (χ1v) is 8.81. The number of para-hydroxylation sites is 1. The van der Waals surface area contributed by atoms with E-state index in [0.717, 1.165) is 12.4 Å². The van der Waals surface area contributed by atoms with Crippen molar-refractivity contribution in [3.05, 3.63) is 65.7 Å². The Morgan fingerprint density at radius 3 is 2.39 bits per heavy atom. The van der Waals surface area contributed by atoms with Gasteiger partial charge < -0.3 is 9.47 Å². The minimum absolute atomic E-state index is 0.174. The largest absolute Gasteiger partial charge is 0.492 e. The van der Waals surface area contributed by atoms with Crippen LogP contribution in [0.4, 0.5) is 0 Å². The predicted octanol–water partition coefficient (Wildman–Crippen LogP) is 4.67. The van der Waals surface area contributed by atoms with Gasteiger partial charge in [0.05, 0.1) is 6.61 Å². The van der Waals surface area contributed by atoms with Crippen LogP contribution in [0.5, 0.6) is 5.75 Å². The SMILES string of the molecule is c1ccc(C23OC2C2(CCCCC2)COc2ccccc23)cc1. The highest BCUT2D eigenvalue weighted by Crippen LogP contribution is 2.64. The van der Waals surface area contributed by atoms with Crippen LogP contribution in [0.2, 0.25) is 0 Å². The number of hydrogen-bond acceptors (Lipinski definition) is 2. The number of fused-ring (bicyclic) bond motifs is 4. The lowest BCUT2D eigenvalue weighted by atomic mass is 9.68. The third-order valence-corrected chi connectivity index (χ3v) is 6.03. The molecule has 1 saturated carbocycles. The molecular formula is C21H22O2. The van der Waals surface area contributed by atoms with Gasteiger partial charge in [-0.15, -0.1) is 0 Å². The van der Waals surface area contributed by atoms with Crippen LogP contribution in [0.15, 0.2) is 54.6 Å². The molecule has 0 aromatic heterocycles. The fraction of sp³-hybridized carbons (Fsp3) is 0.429. The zero-order chi connectivity index (χ0) is 15.3. The van der Waals surface area contributed by atoms with Crippen molar-refractivity contribution in [1.29, 1.82) is 0 Å². The van der Waals surface area contributed by atoms with Gasteiger partial charge in [-0.1, -0.05) is 67.8 Å². The Hall–Kier alpha value is -1.80. The van der Waals surface area contributed by atoms with Crippen molar-refractivity contribution in [3.8, 4) is 5.75 Å². The minimum atomic E-state index is -0.300. The highest BCUT2D eigenvalue weighted by molar-refractivity contribution is 5.52. The molecule has 0 radical (unpaired) electrons. The van der Waals surface area contributed by atoms with Crippen molar-refractivity contribution in [2.45, 2.75) is 43.8 Å². The van der Waals surface area contributed by atoms with Crippen molar-refractivity contribution in [2.75, 3.05) is 6.61 Å². The van der Waals surface area contributed by atoms with Gasteiger partial charge in [0.25, 0.3) is 0 Å². The molecule has 23 heavy (non-hydrogen) atoms. The molecule has 1 spiro atoms. The van der Waals surface area contributed by atoms with Gasteiger partial charge in [-0.25, -0.2) is 0 Å². The fourth-order valence-corrected chi connectivity index (χ4v) is 4.83. The second kappa shape index (κ2) is 4.85. The van der Waals surface area contributed by atoms with Crippen LogP contribution in [0.25, 0.3) is 0 Å². The van der Waals surface area contributed by atoms with Crippen molar-refractivity contribution in [3.63, 3.8) is 0 Å². The molecule has 2 atom stereocenters. The summed E-state index contributed by atoms with van der Waals surface area (Å²) >= 11 is 0. The Morgan fingerprint density at radius 2 is 1.57 bits per heavy atom. The van der Waals surface area contributed by atoms with E-state index in [2.05, 4.69) is 54.6 Å². The van der Waals surface area contributed by atoms with E-state index in [9.17, 15) is 0 Å². The van der Waals surface area contributed by atoms with Crippen LogP contribution in [-0.2, 0) is 10.3 Å². The van der Waals surface area contributed by atoms with Gasteiger partial charge in [0.15, 0.2) is 0 Å². The zero-order valence-electron chi connectivity index (χ0n) is 13.3. The summed E-state index contributed by atoms with van der Waals surface area (Å²) in [5, 5.41) is 0. The predicted molar refractivity (Wildman–Crippen MR) is 89.6 cm³/mol. The topological polar surface area (TPSA) is 21.8 Å². The maximum Gasteiger partial charge on any atom is 0.149 e. The van der Waals surface area contributed by atoms with E-state index < -0.39 is 0 Å². The number of ether oxygens (including phenoxy) is 2. The quantitative estimate of drug-likeness (QED) is 0.714. The molecule has 0 amide bonds. The third kappa shape index (κ3) is 1.85. The van der Waals surface area contributed by atoms with Gasteiger partial charge in [-0.05, 0) is 24.5 Å². The van der Waals surface area contributed by atoms with E-state index in [-0.39, 0.29) is 17.1 Å². The number of benzene rings is 2. The summed E-state index contributed by atoms with van der Waals surface area (Å²) in [7, 11) is 0. The van der Waals surface area contributed by atoms with Crippen molar-refractivity contribution in [1.82, 2.24) is 0 Å². The maximum atomic E-state index is 6.57. The first-order chi connectivity index (χ1) is 11.4. The summed E-state index contributed by atoms with van der Waals surface area (Å²) in [5.41, 5.74) is 2.35. The van der Waals surface area contributed by atoms with E-state index in [1.165, 1.54) is 43.2 Å². The van der Waals surface area contributed by atoms with Crippen molar-refractivity contribution in [2.24, 2.45) is 5.41 Å². The molecule has 0 bridgehead atoms. The summed E-state index contributed by atoms with van der Waals surface area (Å²) in [6.07, 6.45) is 6.64. The maximum absolute atomic E-state index is 6.57. The van der Waals surface area contributed by atoms with Crippen LogP contribution in [0, 0.1) is 5.41 Å². The minimum Gasteiger partial charge on any atom is -0.492 e. The lowest BCUT2D eigenvalue weighted by Gasteiger charge is -2.35. The Labute approximate surface area is 137 Å². The Morgan fingerprint density at radius 1 is 0.826 bits per heavy atom. The van der Waals surface area contributed by atoms with Gasteiger partial charge >= 0.3 is 0 Å². The number of hydrogen-bond donors (Lipinski definition) is 0. The van der Waals surface area contributed by atoms with Gasteiger partial charge in [0.2, 0.25) is 0 Å². The van der Waals surface area contributed by atoms with Crippen LogP contribution >= 0.6 is 0 Å². The number of rotatable bonds is 1. The first kappa shape index (κ1) is 13.6. The third-order valence-electron chi connectivity index (χ3n) is 6.03. The van der Waals surface area contributed by atoms with E-state index >= 15 is 0 Å². The lowest BCUT2D eigenvalue weighted by molar-refractivity contribution is 0.0639. The Balaban J connectivity index is 1.68. The second-order valence-corrected chi connectivity index (χ2v) is 7.31. The summed E-state index contributed by atoms with van der Waals surface area (Å²) < 4.78 is 12.9. The van der Waals surface area contributed by atoms with Gasteiger partial charge in [0, 0.05) is 11.0 Å². The van der Waals surface area contributed by atoms with Gasteiger partial charge in [-0.2, -0.15) is 0 Å². The fourth-order valence-electron chi connectivity index (χ4n) is 4.83. The summed E-state index contributed by atoms with van der Waals surface area (Å²) in [6.45, 7) is 0.795. The monoisotopic (exact) mass is 306 g/mol. The van der Waals surface area contributed by atoms with Gasteiger partial charge in [0.1, 0.15) is 17.5 Å². The molecule has 2 fully saturated rings. The highest BCUT2D eigenvalue weighted by Gasteiger charge is 2.69. The average molecular weight is 306 g/mol. The van der Waals surface area contributed by atoms with Gasteiger partial charge in [-0.3, -0.25) is 0 Å². The molecule has 2 nitrogen and oxygen atoms in total. The normalized spacial score (nSPS) is 30.7. The first-order valence-electron chi connectivity index (χ1n) is 8.81. The smallest absolute Gasteiger partial charge is 0.149 e. The molecule has 118 valence electrons. The molecule has 2 aromatic rings. The molecule has 2 aromatic carbocycles. The molecule has 0 N–H and O–H groups in total. The summed E-state index contributed by atoms with van der Waals surface area (Å²) in [5.74, 6) is 1.00. The molecule has 1 saturated heterocycles. The van der Waals surface area contributed by atoms with E-state index in [0.29, 0.717) is 0 Å². The number of epoxide rings is 1.